The van der Waals surface area contributed by atoms with E-state index in [1.54, 1.807) is 6.92 Å². The molecule has 10 radical (unpaired) electrons. The van der Waals surface area contributed by atoms with Gasteiger partial charge in [-0.05, 0) is 117 Å². The molecule has 0 heterocycles. The second-order valence-electron chi connectivity index (χ2n) is 11.8. The number of benzene rings is 4. The van der Waals surface area contributed by atoms with E-state index in [1.807, 2.05) is 0 Å². The van der Waals surface area contributed by atoms with Crippen LogP contribution < -0.4 is 21.2 Å². The van der Waals surface area contributed by atoms with Gasteiger partial charge in [-0.25, -0.2) is 0 Å². The predicted octanol–water partition coefficient (Wildman–Crippen LogP) is 8.60. The summed E-state index contributed by atoms with van der Waals surface area (Å²) in [5.41, 5.74) is 0. The molecule has 2 aliphatic rings. The van der Waals surface area contributed by atoms with E-state index in [-0.39, 0.29) is 34.0 Å². The van der Waals surface area contributed by atoms with Gasteiger partial charge < -0.3 is 5.11 Å². The van der Waals surface area contributed by atoms with Crippen molar-refractivity contribution in [2.45, 2.75) is 44.9 Å². The van der Waals surface area contributed by atoms with Crippen LogP contribution in [0.2, 0.25) is 0 Å². The number of rotatable bonds is 8. The van der Waals surface area contributed by atoms with E-state index in [0.29, 0.717) is 0 Å². The van der Waals surface area contributed by atoms with Crippen LogP contribution >= 0.6 is 15.8 Å². The fourth-order valence-corrected chi connectivity index (χ4v) is 11.6. The van der Waals surface area contributed by atoms with E-state index < -0.39 is 15.8 Å². The Morgan fingerprint density at radius 3 is 0.826 bits per heavy atom. The number of hydrogen-bond acceptors (Lipinski definition) is 1. The summed E-state index contributed by atoms with van der Waals surface area (Å²) in [6, 6.07) is 43.7. The molecule has 1 nitrogen and oxygen atoms in total. The van der Waals surface area contributed by atoms with E-state index in [2.05, 4.69) is 200 Å². The van der Waals surface area contributed by atoms with E-state index >= 15 is 0 Å². The summed E-state index contributed by atoms with van der Waals surface area (Å²) in [7, 11) is -0.889. The molecule has 0 amide bonds. The van der Waals surface area contributed by atoms with E-state index in [9.17, 15) is 0 Å². The molecular weight excluding hydrogens is 638 g/mol. The van der Waals surface area contributed by atoms with Crippen molar-refractivity contribution < 1.29 is 22.2 Å². The van der Waals surface area contributed by atoms with Crippen LogP contribution in [0.4, 0.5) is 0 Å². The van der Waals surface area contributed by atoms with Gasteiger partial charge in [0.25, 0.3) is 0 Å². The molecule has 0 aromatic heterocycles. The summed E-state index contributed by atoms with van der Waals surface area (Å²) in [5, 5.41) is 13.5. The molecule has 4 aromatic rings. The molecular formula is C42H46FeOP2. The van der Waals surface area contributed by atoms with E-state index in [1.165, 1.54) is 33.1 Å². The third-order valence-electron chi connectivity index (χ3n) is 7.91. The van der Waals surface area contributed by atoms with Crippen molar-refractivity contribution in [3.8, 4) is 0 Å². The maximum absolute atomic E-state index is 7.57. The molecule has 0 bridgehead atoms. The largest absolute Gasteiger partial charge is 0.397 e. The second-order valence-corrected chi connectivity index (χ2v) is 17.4. The predicted molar refractivity (Wildman–Crippen MR) is 200 cm³/mol. The van der Waals surface area contributed by atoms with Gasteiger partial charge in [-0.15, -0.1) is 0 Å². The van der Waals surface area contributed by atoms with Crippen LogP contribution in [0.1, 0.15) is 34.6 Å². The molecule has 0 saturated heterocycles. The van der Waals surface area contributed by atoms with Gasteiger partial charge in [0.05, 0.1) is 0 Å². The van der Waals surface area contributed by atoms with Gasteiger partial charge in [0, 0.05) is 23.7 Å². The first-order valence-corrected chi connectivity index (χ1v) is 18.3. The van der Waals surface area contributed by atoms with Crippen molar-refractivity contribution in [2.75, 3.05) is 6.61 Å². The zero-order valence-corrected chi connectivity index (χ0v) is 30.5. The molecule has 238 valence electrons. The SMILES string of the molecule is CC(C)([C]1[CH][CH][CH][CH]1)P(c1ccccc1)c1ccccc1.CC(C)([C]1[CH][CH][CH][CH]1)P(c1ccccc1)c1ccccc1.CCO.[Fe]. The van der Waals surface area contributed by atoms with Gasteiger partial charge in [0.2, 0.25) is 0 Å². The van der Waals surface area contributed by atoms with Gasteiger partial charge in [0.1, 0.15) is 0 Å². The fourth-order valence-electron chi connectivity index (χ4n) is 5.72. The van der Waals surface area contributed by atoms with Gasteiger partial charge in [-0.2, -0.15) is 0 Å². The Hall–Kier alpha value is -1.78. The van der Waals surface area contributed by atoms with Gasteiger partial charge in [-0.3, -0.25) is 0 Å². The number of aliphatic hydroxyl groups excluding tert-OH is 1. The van der Waals surface area contributed by atoms with Crippen LogP contribution in [0.25, 0.3) is 0 Å². The first kappa shape index (κ1) is 38.7. The van der Waals surface area contributed by atoms with Crippen molar-refractivity contribution in [3.63, 3.8) is 0 Å². The Labute approximate surface area is 294 Å². The standard InChI is InChI=1S/2C20H20P.C2H6O.Fe/c2*1-20(2,17-11-9-10-12-17)21(18-13-5-3-6-14-18)19-15-7-4-8-16-19;1-2-3;/h2*3-16H,1-2H3;3H,2H2,1H3;. The smallest absolute Gasteiger partial charge is 0.0402 e. The van der Waals surface area contributed by atoms with Crippen molar-refractivity contribution in [2.24, 2.45) is 0 Å². The minimum atomic E-state index is -0.445. The summed E-state index contributed by atoms with van der Waals surface area (Å²) in [6.07, 6.45) is 17.6. The van der Waals surface area contributed by atoms with Crippen molar-refractivity contribution in [3.05, 3.63) is 185 Å². The van der Waals surface area contributed by atoms with Gasteiger partial charge in [0.15, 0.2) is 0 Å². The van der Waals surface area contributed by atoms with Crippen LogP contribution in [0, 0.1) is 63.2 Å². The van der Waals surface area contributed by atoms with E-state index in [4.69, 9.17) is 5.11 Å². The average molecular weight is 685 g/mol. The number of hydrogen-bond donors (Lipinski definition) is 1. The number of aliphatic hydroxyl groups is 1. The zero-order chi connectivity index (χ0) is 32.1. The van der Waals surface area contributed by atoms with Crippen LogP contribution in [0.5, 0.6) is 0 Å². The molecule has 0 aliphatic heterocycles. The molecule has 46 heavy (non-hydrogen) atoms. The summed E-state index contributed by atoms with van der Waals surface area (Å²) < 4.78 is 0. The summed E-state index contributed by atoms with van der Waals surface area (Å²) in [4.78, 5) is 0. The van der Waals surface area contributed by atoms with Gasteiger partial charge >= 0.3 is 0 Å². The first-order valence-electron chi connectivity index (χ1n) is 15.7. The molecule has 4 heteroatoms. The Kier molecular flexibility index (Phi) is 16.2. The van der Waals surface area contributed by atoms with Crippen molar-refractivity contribution in [1.29, 1.82) is 0 Å². The van der Waals surface area contributed by atoms with Gasteiger partial charge in [-0.1, -0.05) is 149 Å². The summed E-state index contributed by atoms with van der Waals surface area (Å²) in [6.45, 7) is 11.4. The molecule has 2 saturated carbocycles. The molecule has 2 fully saturated rings. The molecule has 2 aliphatic carbocycles. The first-order chi connectivity index (χ1) is 21.8. The van der Waals surface area contributed by atoms with Crippen LogP contribution in [0.3, 0.4) is 0 Å². The quantitative estimate of drug-likeness (QED) is 0.146. The Morgan fingerprint density at radius 1 is 0.435 bits per heavy atom. The molecule has 0 spiro atoms. The normalized spacial score (nSPS) is 15.5. The topological polar surface area (TPSA) is 20.2 Å². The maximum atomic E-state index is 7.57. The monoisotopic (exact) mass is 684 g/mol. The van der Waals surface area contributed by atoms with Crippen molar-refractivity contribution in [1.82, 2.24) is 0 Å². The molecule has 4 aromatic carbocycles. The molecule has 0 unspecified atom stereocenters. The molecule has 0 atom stereocenters. The zero-order valence-electron chi connectivity index (χ0n) is 27.6. The Balaban J connectivity index is 0.000000226. The second kappa shape index (κ2) is 19.3. The fraction of sp³-hybridized carbons (Fsp3) is 0.190. The van der Waals surface area contributed by atoms with Crippen molar-refractivity contribution >= 4 is 37.1 Å². The maximum Gasteiger partial charge on any atom is 0.0402 e. The minimum absolute atomic E-state index is 0. The average Bonchev–Trinajstić information content (AvgIpc) is 3.81. The van der Waals surface area contributed by atoms with Crippen LogP contribution in [-0.2, 0) is 17.1 Å². The Morgan fingerprint density at radius 2 is 0.630 bits per heavy atom. The van der Waals surface area contributed by atoms with Crippen LogP contribution in [-0.4, -0.2) is 22.0 Å². The third kappa shape index (κ3) is 10.1. The van der Waals surface area contributed by atoms with E-state index in [0.717, 1.165) is 0 Å². The molecule has 6 rings (SSSR count). The molecule has 1 N–H and O–H groups in total. The summed E-state index contributed by atoms with van der Waals surface area (Å²) >= 11 is 0. The minimum Gasteiger partial charge on any atom is -0.397 e. The summed E-state index contributed by atoms with van der Waals surface area (Å²) in [5.74, 6) is 2.84. The van der Waals surface area contributed by atoms with Crippen LogP contribution in [0.15, 0.2) is 121 Å². The third-order valence-corrected chi connectivity index (χ3v) is 13.9. The Bertz CT molecular complexity index is 1160.